The lowest BCUT2D eigenvalue weighted by molar-refractivity contribution is 0.454. The van der Waals surface area contributed by atoms with Crippen LogP contribution in [0, 0.1) is 0 Å². The summed E-state index contributed by atoms with van der Waals surface area (Å²) < 4.78 is 0. The van der Waals surface area contributed by atoms with Crippen LogP contribution in [0.15, 0.2) is 24.3 Å². The van der Waals surface area contributed by atoms with Gasteiger partial charge in [-0.1, -0.05) is 50.5 Å². The van der Waals surface area contributed by atoms with Crippen molar-refractivity contribution in [3.8, 4) is 0 Å². The van der Waals surface area contributed by atoms with Gasteiger partial charge in [0.05, 0.1) is 0 Å². The van der Waals surface area contributed by atoms with E-state index in [0.717, 1.165) is 6.54 Å². The van der Waals surface area contributed by atoms with Crippen molar-refractivity contribution >= 4 is 0 Å². The molecule has 1 aromatic carbocycles. The van der Waals surface area contributed by atoms with Crippen molar-refractivity contribution in [2.24, 2.45) is 0 Å². The van der Waals surface area contributed by atoms with Gasteiger partial charge in [-0.05, 0) is 30.5 Å². The molecule has 1 atom stereocenters. The van der Waals surface area contributed by atoms with Gasteiger partial charge >= 0.3 is 0 Å². The van der Waals surface area contributed by atoms with E-state index in [9.17, 15) is 0 Å². The average molecular weight is 203 g/mol. The summed E-state index contributed by atoms with van der Waals surface area (Å²) in [4.78, 5) is 0. The number of unbranched alkanes of at least 4 members (excludes halogenated alkanes) is 2. The van der Waals surface area contributed by atoms with E-state index in [2.05, 4.69) is 36.5 Å². The predicted molar refractivity (Wildman–Crippen MR) is 65.0 cm³/mol. The Hall–Kier alpha value is -0.820. The molecule has 0 saturated carbocycles. The quantitative estimate of drug-likeness (QED) is 0.739. The molecule has 1 N–H and O–H groups in total. The first-order valence-corrected chi connectivity index (χ1v) is 6.23. The third kappa shape index (κ3) is 2.60. The molecule has 82 valence electrons. The third-order valence-corrected chi connectivity index (χ3v) is 3.31. The summed E-state index contributed by atoms with van der Waals surface area (Å²) in [7, 11) is 0. The Bertz CT molecular complexity index is 306. The van der Waals surface area contributed by atoms with Crippen LogP contribution in [0.5, 0.6) is 0 Å². The minimum Gasteiger partial charge on any atom is -0.310 e. The second-order valence-corrected chi connectivity index (χ2v) is 4.45. The molecule has 1 aromatic rings. The molecule has 0 bridgehead atoms. The molecule has 1 unspecified atom stereocenters. The number of hydrogen-bond acceptors (Lipinski definition) is 1. The van der Waals surface area contributed by atoms with Crippen molar-refractivity contribution < 1.29 is 0 Å². The highest BCUT2D eigenvalue weighted by molar-refractivity contribution is 5.32. The molecular formula is C14H21N. The number of benzene rings is 1. The molecule has 1 heteroatoms. The molecule has 0 spiro atoms. The Morgan fingerprint density at radius 1 is 1.27 bits per heavy atom. The Balaban J connectivity index is 2.02. The maximum Gasteiger partial charge on any atom is 0.0323 e. The molecule has 1 aliphatic heterocycles. The Labute approximate surface area is 92.9 Å². The van der Waals surface area contributed by atoms with Crippen LogP contribution in [0.4, 0.5) is 0 Å². The van der Waals surface area contributed by atoms with Crippen molar-refractivity contribution in [1.82, 2.24) is 5.32 Å². The molecule has 0 amide bonds. The van der Waals surface area contributed by atoms with Gasteiger partial charge in [0.1, 0.15) is 0 Å². The maximum absolute atomic E-state index is 3.63. The molecule has 15 heavy (non-hydrogen) atoms. The van der Waals surface area contributed by atoms with Crippen molar-refractivity contribution in [3.05, 3.63) is 35.4 Å². The van der Waals surface area contributed by atoms with Gasteiger partial charge in [-0.3, -0.25) is 0 Å². The molecule has 1 aliphatic rings. The molecule has 0 radical (unpaired) electrons. The van der Waals surface area contributed by atoms with Crippen molar-refractivity contribution in [2.75, 3.05) is 6.54 Å². The van der Waals surface area contributed by atoms with Crippen LogP contribution in [-0.2, 0) is 6.42 Å². The van der Waals surface area contributed by atoms with Gasteiger partial charge in [-0.25, -0.2) is 0 Å². The lowest BCUT2D eigenvalue weighted by Gasteiger charge is -2.26. The van der Waals surface area contributed by atoms with Gasteiger partial charge in [-0.15, -0.1) is 0 Å². The molecule has 2 rings (SSSR count). The van der Waals surface area contributed by atoms with Crippen molar-refractivity contribution in [2.45, 2.75) is 45.1 Å². The molecule has 0 saturated heterocycles. The predicted octanol–water partition coefficient (Wildman–Crippen LogP) is 3.45. The molecule has 1 nitrogen and oxygen atoms in total. The smallest absolute Gasteiger partial charge is 0.0323 e. The topological polar surface area (TPSA) is 12.0 Å². The van der Waals surface area contributed by atoms with Crippen LogP contribution in [-0.4, -0.2) is 6.54 Å². The first kappa shape index (κ1) is 10.7. The van der Waals surface area contributed by atoms with E-state index in [0.29, 0.717) is 6.04 Å². The van der Waals surface area contributed by atoms with Crippen LogP contribution in [0.3, 0.4) is 0 Å². The fraction of sp³-hybridized carbons (Fsp3) is 0.571. The average Bonchev–Trinajstić information content (AvgIpc) is 2.30. The zero-order valence-electron chi connectivity index (χ0n) is 9.63. The first-order valence-electron chi connectivity index (χ1n) is 6.23. The number of hydrogen-bond donors (Lipinski definition) is 1. The largest absolute Gasteiger partial charge is 0.310 e. The summed E-state index contributed by atoms with van der Waals surface area (Å²) in [5.74, 6) is 0. The summed E-state index contributed by atoms with van der Waals surface area (Å²) in [6.45, 7) is 3.41. The standard InChI is InChI=1S/C14H21N/c1-2-3-4-9-14-13-8-6-5-7-12(13)10-11-15-14/h5-8,14-15H,2-4,9-11H2,1H3. The Morgan fingerprint density at radius 2 is 2.13 bits per heavy atom. The van der Waals surface area contributed by atoms with Gasteiger partial charge in [0.25, 0.3) is 0 Å². The normalized spacial score (nSPS) is 19.9. The fourth-order valence-corrected chi connectivity index (χ4v) is 2.45. The molecule has 0 aromatic heterocycles. The summed E-state index contributed by atoms with van der Waals surface area (Å²) in [5.41, 5.74) is 3.10. The Morgan fingerprint density at radius 3 is 3.00 bits per heavy atom. The second-order valence-electron chi connectivity index (χ2n) is 4.45. The minimum absolute atomic E-state index is 0.612. The lowest BCUT2D eigenvalue weighted by atomic mass is 9.91. The monoisotopic (exact) mass is 203 g/mol. The van der Waals surface area contributed by atoms with Crippen molar-refractivity contribution in [1.29, 1.82) is 0 Å². The number of nitrogens with one attached hydrogen (secondary N) is 1. The summed E-state index contributed by atoms with van der Waals surface area (Å²) >= 11 is 0. The van der Waals surface area contributed by atoms with Crippen LogP contribution in [0.1, 0.15) is 49.8 Å². The van der Waals surface area contributed by atoms with E-state index in [1.807, 2.05) is 0 Å². The van der Waals surface area contributed by atoms with E-state index < -0.39 is 0 Å². The molecule has 0 fully saturated rings. The zero-order chi connectivity index (χ0) is 10.5. The summed E-state index contributed by atoms with van der Waals surface area (Å²) in [6, 6.07) is 9.51. The van der Waals surface area contributed by atoms with Crippen molar-refractivity contribution in [3.63, 3.8) is 0 Å². The summed E-state index contributed by atoms with van der Waals surface area (Å²) in [5, 5.41) is 3.63. The van der Waals surface area contributed by atoms with E-state index in [1.54, 1.807) is 11.1 Å². The molecular weight excluding hydrogens is 182 g/mol. The number of rotatable bonds is 4. The summed E-state index contributed by atoms with van der Waals surface area (Å²) in [6.07, 6.45) is 6.52. The minimum atomic E-state index is 0.612. The lowest BCUT2D eigenvalue weighted by Crippen LogP contribution is -2.29. The van der Waals surface area contributed by atoms with Crippen LogP contribution >= 0.6 is 0 Å². The van der Waals surface area contributed by atoms with Gasteiger partial charge < -0.3 is 5.32 Å². The number of fused-ring (bicyclic) bond motifs is 1. The molecule has 0 aliphatic carbocycles. The van der Waals surface area contributed by atoms with E-state index in [-0.39, 0.29) is 0 Å². The van der Waals surface area contributed by atoms with E-state index in [4.69, 9.17) is 0 Å². The van der Waals surface area contributed by atoms with E-state index >= 15 is 0 Å². The van der Waals surface area contributed by atoms with Crippen LogP contribution in [0.2, 0.25) is 0 Å². The SMILES string of the molecule is CCCCCC1NCCc2ccccc21. The van der Waals surface area contributed by atoms with E-state index in [1.165, 1.54) is 32.1 Å². The van der Waals surface area contributed by atoms with Gasteiger partial charge in [0.2, 0.25) is 0 Å². The van der Waals surface area contributed by atoms with Gasteiger partial charge in [0.15, 0.2) is 0 Å². The van der Waals surface area contributed by atoms with Crippen LogP contribution in [0.25, 0.3) is 0 Å². The van der Waals surface area contributed by atoms with Crippen LogP contribution < -0.4 is 5.32 Å². The fourth-order valence-electron chi connectivity index (χ4n) is 2.45. The highest BCUT2D eigenvalue weighted by atomic mass is 14.9. The highest BCUT2D eigenvalue weighted by Gasteiger charge is 2.17. The second kappa shape index (κ2) is 5.32. The zero-order valence-corrected chi connectivity index (χ0v) is 9.63. The van der Waals surface area contributed by atoms with Gasteiger partial charge in [-0.2, -0.15) is 0 Å². The molecule has 1 heterocycles. The third-order valence-electron chi connectivity index (χ3n) is 3.31. The highest BCUT2D eigenvalue weighted by Crippen LogP contribution is 2.26. The Kier molecular flexibility index (Phi) is 3.79. The van der Waals surface area contributed by atoms with Gasteiger partial charge in [0, 0.05) is 6.04 Å². The first-order chi connectivity index (χ1) is 7.42. The maximum atomic E-state index is 3.63.